The van der Waals surface area contributed by atoms with E-state index in [4.69, 9.17) is 6.57 Å². The van der Waals surface area contributed by atoms with Gasteiger partial charge in [-0.05, 0) is 29.2 Å². The Kier molecular flexibility index (Phi) is 3.27. The molecule has 0 saturated carbocycles. The van der Waals surface area contributed by atoms with Gasteiger partial charge in [0.1, 0.15) is 11.5 Å². The summed E-state index contributed by atoms with van der Waals surface area (Å²) in [4.78, 5) is 4.43. The SMILES string of the molecule is [C-]#[N+]/C(C#N)=C1\Sc2c(O)c3c(c(O)c2S1)C1c2cc(C)ccc2C12c1ccccc1C32. The van der Waals surface area contributed by atoms with Crippen LogP contribution in [0.3, 0.4) is 0 Å². The second kappa shape index (κ2) is 5.72. The molecule has 0 bridgehead atoms. The van der Waals surface area contributed by atoms with Gasteiger partial charge in [0, 0.05) is 28.4 Å². The summed E-state index contributed by atoms with van der Waals surface area (Å²) in [7, 11) is 0. The molecule has 0 radical (unpaired) electrons. The van der Waals surface area contributed by atoms with Crippen LogP contribution in [0.15, 0.2) is 62.2 Å². The number of allylic oxidation sites excluding steroid dienone is 1. The van der Waals surface area contributed by atoms with Crippen molar-refractivity contribution in [1.82, 2.24) is 0 Å². The average molecular weight is 451 g/mol. The van der Waals surface area contributed by atoms with Gasteiger partial charge in [-0.3, -0.25) is 0 Å². The van der Waals surface area contributed by atoms with Crippen molar-refractivity contribution < 1.29 is 10.2 Å². The summed E-state index contributed by atoms with van der Waals surface area (Å²) >= 11 is 2.42. The van der Waals surface area contributed by atoms with E-state index >= 15 is 0 Å². The number of hydrogen-bond acceptors (Lipinski definition) is 5. The number of rotatable bonds is 0. The Morgan fingerprint density at radius 2 is 1.62 bits per heavy atom. The molecule has 1 spiro atoms. The number of thioether (sulfide) groups is 2. The van der Waals surface area contributed by atoms with Crippen LogP contribution in [0.25, 0.3) is 4.85 Å². The molecule has 152 valence electrons. The van der Waals surface area contributed by atoms with Crippen molar-refractivity contribution >= 4 is 23.5 Å². The van der Waals surface area contributed by atoms with E-state index in [1.54, 1.807) is 0 Å². The molecule has 4 nitrogen and oxygen atoms in total. The molecular weight excluding hydrogens is 436 g/mol. The fourth-order valence-electron chi connectivity index (χ4n) is 6.37. The lowest BCUT2D eigenvalue weighted by Crippen LogP contribution is -2.52. The summed E-state index contributed by atoms with van der Waals surface area (Å²) in [5, 5.41) is 32.4. The van der Waals surface area contributed by atoms with Gasteiger partial charge >= 0.3 is 0 Å². The van der Waals surface area contributed by atoms with Crippen LogP contribution >= 0.6 is 23.5 Å². The van der Waals surface area contributed by atoms with Crippen LogP contribution in [0.4, 0.5) is 0 Å². The standard InChI is InChI=1S/C26H14N2O2S2/c1-11-7-8-15-13(9-11)20-18-17(19-12-5-3-4-6-14(12)26(15,19)20)21(29)23-24(22(18)30)32-25(31-23)16(10-27)28-2/h3-9,19-20,29-30H,1H3/b25-16+. The molecule has 6 heteroatoms. The van der Waals surface area contributed by atoms with Gasteiger partial charge in [0.05, 0.1) is 26.7 Å². The molecule has 3 aromatic carbocycles. The molecule has 0 aromatic heterocycles. The molecule has 3 aliphatic carbocycles. The minimum Gasteiger partial charge on any atom is -0.506 e. The number of hydrogen-bond donors (Lipinski definition) is 2. The summed E-state index contributed by atoms with van der Waals surface area (Å²) in [6.07, 6.45) is 0. The molecular formula is C26H14N2O2S2. The Morgan fingerprint density at radius 3 is 2.28 bits per heavy atom. The van der Waals surface area contributed by atoms with E-state index in [0.717, 1.165) is 11.1 Å². The monoisotopic (exact) mass is 450 g/mol. The van der Waals surface area contributed by atoms with Crippen molar-refractivity contribution in [3.63, 3.8) is 0 Å². The first kappa shape index (κ1) is 18.3. The lowest BCUT2D eigenvalue weighted by atomic mass is 9.43. The van der Waals surface area contributed by atoms with Gasteiger partial charge in [-0.1, -0.05) is 71.6 Å². The van der Waals surface area contributed by atoms with Crippen LogP contribution in [-0.4, -0.2) is 10.2 Å². The Morgan fingerprint density at radius 1 is 1.00 bits per heavy atom. The predicted molar refractivity (Wildman–Crippen MR) is 123 cm³/mol. The van der Waals surface area contributed by atoms with E-state index in [1.165, 1.54) is 51.3 Å². The smallest absolute Gasteiger partial charge is 0.282 e. The molecule has 3 aromatic rings. The second-order valence-corrected chi connectivity index (χ2v) is 11.0. The first-order valence-electron chi connectivity index (χ1n) is 10.2. The lowest BCUT2D eigenvalue weighted by Gasteiger charge is -2.58. The van der Waals surface area contributed by atoms with Gasteiger partial charge in [0.15, 0.2) is 0 Å². The lowest BCUT2D eigenvalue weighted by molar-refractivity contribution is 0.325. The summed E-state index contributed by atoms with van der Waals surface area (Å²) < 4.78 is 0.511. The molecule has 0 saturated heterocycles. The zero-order chi connectivity index (χ0) is 21.9. The molecule has 7 rings (SSSR count). The number of phenols is 2. The van der Waals surface area contributed by atoms with E-state index < -0.39 is 0 Å². The largest absolute Gasteiger partial charge is 0.506 e. The van der Waals surface area contributed by atoms with Gasteiger partial charge in [0.25, 0.3) is 5.70 Å². The highest BCUT2D eigenvalue weighted by atomic mass is 32.2. The van der Waals surface area contributed by atoms with Crippen molar-refractivity contribution in [1.29, 1.82) is 5.26 Å². The molecule has 32 heavy (non-hydrogen) atoms. The Bertz CT molecular complexity index is 1540. The fraction of sp³-hybridized carbons (Fsp3) is 0.154. The first-order valence-corrected chi connectivity index (χ1v) is 11.9. The molecule has 1 heterocycles. The Labute approximate surface area is 193 Å². The third-order valence-corrected chi connectivity index (χ3v) is 10.00. The zero-order valence-corrected chi connectivity index (χ0v) is 18.4. The molecule has 3 atom stereocenters. The highest BCUT2D eigenvalue weighted by Crippen LogP contribution is 2.80. The van der Waals surface area contributed by atoms with Crippen molar-refractivity contribution in [3.05, 3.63) is 103 Å². The van der Waals surface area contributed by atoms with Crippen molar-refractivity contribution in [2.45, 2.75) is 34.0 Å². The predicted octanol–water partition coefficient (Wildman–Crippen LogP) is 6.11. The normalized spacial score (nSPS) is 26.1. The molecule has 3 unspecified atom stereocenters. The van der Waals surface area contributed by atoms with Crippen LogP contribution in [-0.2, 0) is 5.41 Å². The van der Waals surface area contributed by atoms with Crippen LogP contribution in [0.2, 0.25) is 0 Å². The van der Waals surface area contributed by atoms with E-state index in [9.17, 15) is 15.5 Å². The van der Waals surface area contributed by atoms with Crippen molar-refractivity contribution in [2.75, 3.05) is 0 Å². The second-order valence-electron chi connectivity index (χ2n) is 8.66. The third kappa shape index (κ3) is 1.74. The average Bonchev–Trinajstić information content (AvgIpc) is 3.31. The van der Waals surface area contributed by atoms with Gasteiger partial charge in [0.2, 0.25) is 0 Å². The maximum absolute atomic E-state index is 11.5. The number of phenolic OH excluding ortho intramolecular Hbond substituents is 2. The molecule has 2 N–H and O–H groups in total. The Hall–Kier alpha value is -3.32. The minimum atomic E-state index is -0.242. The van der Waals surface area contributed by atoms with E-state index in [1.807, 2.05) is 12.1 Å². The summed E-state index contributed by atoms with van der Waals surface area (Å²) in [6.45, 7) is 9.35. The van der Waals surface area contributed by atoms with Crippen LogP contribution < -0.4 is 0 Å². The van der Waals surface area contributed by atoms with Crippen LogP contribution in [0.5, 0.6) is 11.5 Å². The fourth-order valence-corrected chi connectivity index (χ4v) is 8.82. The van der Waals surface area contributed by atoms with Gasteiger partial charge in [-0.15, -0.1) is 0 Å². The third-order valence-electron chi connectivity index (χ3n) is 7.41. The van der Waals surface area contributed by atoms with E-state index in [-0.39, 0.29) is 34.4 Å². The van der Waals surface area contributed by atoms with Gasteiger partial charge in [-0.2, -0.15) is 0 Å². The van der Waals surface area contributed by atoms with E-state index in [2.05, 4.69) is 48.2 Å². The topological polar surface area (TPSA) is 68.6 Å². The number of aromatic hydroxyl groups is 2. The van der Waals surface area contributed by atoms with Crippen LogP contribution in [0, 0.1) is 24.8 Å². The zero-order valence-electron chi connectivity index (χ0n) is 16.8. The highest BCUT2D eigenvalue weighted by molar-refractivity contribution is 8.24. The van der Waals surface area contributed by atoms with E-state index in [0.29, 0.717) is 14.0 Å². The van der Waals surface area contributed by atoms with Gasteiger partial charge < -0.3 is 10.2 Å². The number of benzene rings is 3. The molecule has 0 amide bonds. The van der Waals surface area contributed by atoms with Crippen molar-refractivity contribution in [3.8, 4) is 17.6 Å². The number of nitrogens with zero attached hydrogens (tertiary/aromatic N) is 2. The molecule has 0 fully saturated rings. The number of fused-ring (bicyclic) bond motifs is 8. The maximum Gasteiger partial charge on any atom is 0.282 e. The number of nitriles is 1. The quantitative estimate of drug-likeness (QED) is 0.246. The van der Waals surface area contributed by atoms with Crippen molar-refractivity contribution in [2.24, 2.45) is 0 Å². The maximum atomic E-state index is 11.5. The minimum absolute atomic E-state index is 0.0110. The number of aryl methyl sites for hydroxylation is 1. The molecule has 1 aliphatic heterocycles. The first-order chi connectivity index (χ1) is 15.5. The summed E-state index contributed by atoms with van der Waals surface area (Å²) in [6, 6.07) is 16.9. The highest BCUT2D eigenvalue weighted by Gasteiger charge is 2.71. The Balaban J connectivity index is 1.55. The summed E-state index contributed by atoms with van der Waals surface area (Å²) in [5.74, 6) is 0.330. The summed E-state index contributed by atoms with van der Waals surface area (Å²) in [5.41, 5.74) is 7.50. The van der Waals surface area contributed by atoms with Gasteiger partial charge in [-0.25, -0.2) is 10.1 Å². The van der Waals surface area contributed by atoms with Crippen LogP contribution in [0.1, 0.15) is 50.8 Å². The molecule has 4 aliphatic rings.